The fourth-order valence-electron chi connectivity index (χ4n) is 2.49. The van der Waals surface area contributed by atoms with Crippen LogP contribution in [-0.2, 0) is 0 Å². The third-order valence-corrected chi connectivity index (χ3v) is 3.91. The molecule has 0 unspecified atom stereocenters. The van der Waals surface area contributed by atoms with E-state index < -0.39 is 0 Å². The third-order valence-electron chi connectivity index (χ3n) is 3.91. The van der Waals surface area contributed by atoms with E-state index in [0.29, 0.717) is 11.7 Å². The van der Waals surface area contributed by atoms with Gasteiger partial charge < -0.3 is 10.2 Å². The summed E-state index contributed by atoms with van der Waals surface area (Å²) in [6.45, 7) is 2.86. The molecule has 6 heteroatoms. The molecule has 2 heterocycles. The number of carbonyl (C=O) groups is 1. The number of halogens is 1. The Morgan fingerprint density at radius 3 is 2.68 bits per heavy atom. The van der Waals surface area contributed by atoms with Crippen molar-refractivity contribution in [1.29, 1.82) is 0 Å². The summed E-state index contributed by atoms with van der Waals surface area (Å²) in [6, 6.07) is 2.33. The number of nitrogens with one attached hydrogen (secondary N) is 2. The number of H-pyrrole nitrogens is 1. The highest BCUT2D eigenvalue weighted by Crippen LogP contribution is 2.28. The Labute approximate surface area is 119 Å². The molecule has 1 aromatic heterocycles. The molecule has 2 fully saturated rings. The maximum absolute atomic E-state index is 12.1. The number of amides is 1. The second-order valence-electron chi connectivity index (χ2n) is 5.39. The number of aromatic amines is 1. The van der Waals surface area contributed by atoms with Gasteiger partial charge in [0.2, 0.25) is 0 Å². The Bertz CT molecular complexity index is 397. The van der Waals surface area contributed by atoms with Gasteiger partial charge in [0.05, 0.1) is 0 Å². The van der Waals surface area contributed by atoms with Gasteiger partial charge in [-0.05, 0) is 44.2 Å². The molecule has 0 atom stereocenters. The van der Waals surface area contributed by atoms with Gasteiger partial charge in [0.1, 0.15) is 5.69 Å². The van der Waals surface area contributed by atoms with Gasteiger partial charge in [-0.2, -0.15) is 5.10 Å². The average molecular weight is 285 g/mol. The van der Waals surface area contributed by atoms with Crippen LogP contribution < -0.4 is 5.32 Å². The number of nitrogens with zero attached hydrogens (tertiary/aromatic N) is 2. The van der Waals surface area contributed by atoms with Crippen LogP contribution in [0.2, 0.25) is 0 Å². The van der Waals surface area contributed by atoms with Crippen molar-refractivity contribution >= 4 is 18.3 Å². The monoisotopic (exact) mass is 284 g/mol. The highest BCUT2D eigenvalue weighted by molar-refractivity contribution is 5.92. The number of piperidine rings is 1. The highest BCUT2D eigenvalue weighted by Gasteiger charge is 2.26. The van der Waals surface area contributed by atoms with E-state index in [1.54, 1.807) is 12.3 Å². The minimum Gasteiger partial charge on any atom is -0.337 e. The summed E-state index contributed by atoms with van der Waals surface area (Å²) in [6.07, 6.45) is 6.53. The lowest BCUT2D eigenvalue weighted by Crippen LogP contribution is -2.45. The Morgan fingerprint density at radius 1 is 1.37 bits per heavy atom. The summed E-state index contributed by atoms with van der Waals surface area (Å²) < 4.78 is 0. The predicted octanol–water partition coefficient (Wildman–Crippen LogP) is 1.44. The first-order valence-corrected chi connectivity index (χ1v) is 6.85. The van der Waals surface area contributed by atoms with Crippen LogP contribution in [-0.4, -0.2) is 46.7 Å². The normalized spacial score (nSPS) is 20.1. The standard InChI is InChI=1S/C13H20N4O.ClH/c18-13(12-3-6-15-16-12)17-7-4-11(5-8-17)14-9-10-1-2-10;/h3,6,10-11,14H,1-2,4-5,7-9H2,(H,15,16);1H. The third kappa shape index (κ3) is 3.70. The fraction of sp³-hybridized carbons (Fsp3) is 0.692. The number of aromatic nitrogens is 2. The van der Waals surface area contributed by atoms with Gasteiger partial charge >= 0.3 is 0 Å². The molecule has 5 nitrogen and oxygen atoms in total. The van der Waals surface area contributed by atoms with Gasteiger partial charge in [-0.25, -0.2) is 0 Å². The molecule has 19 heavy (non-hydrogen) atoms. The summed E-state index contributed by atoms with van der Waals surface area (Å²) in [5.74, 6) is 1.00. The molecule has 1 amide bonds. The van der Waals surface area contributed by atoms with Crippen LogP contribution in [0.4, 0.5) is 0 Å². The van der Waals surface area contributed by atoms with E-state index in [9.17, 15) is 4.79 Å². The van der Waals surface area contributed by atoms with Crippen LogP contribution in [0.3, 0.4) is 0 Å². The largest absolute Gasteiger partial charge is 0.337 e. The van der Waals surface area contributed by atoms with Crippen molar-refractivity contribution in [2.45, 2.75) is 31.7 Å². The van der Waals surface area contributed by atoms with E-state index >= 15 is 0 Å². The zero-order valence-corrected chi connectivity index (χ0v) is 11.8. The van der Waals surface area contributed by atoms with Gasteiger partial charge in [0.25, 0.3) is 5.91 Å². The zero-order chi connectivity index (χ0) is 12.4. The maximum atomic E-state index is 12.1. The zero-order valence-electron chi connectivity index (χ0n) is 11.0. The molecule has 1 aromatic rings. The topological polar surface area (TPSA) is 61.0 Å². The van der Waals surface area contributed by atoms with Crippen molar-refractivity contribution in [2.24, 2.45) is 5.92 Å². The van der Waals surface area contributed by atoms with Gasteiger partial charge in [-0.1, -0.05) is 0 Å². The van der Waals surface area contributed by atoms with E-state index in [2.05, 4.69) is 15.5 Å². The molecule has 2 aliphatic rings. The molecule has 0 aromatic carbocycles. The molecule has 3 rings (SSSR count). The van der Waals surface area contributed by atoms with Crippen LogP contribution in [0, 0.1) is 5.92 Å². The Hall–Kier alpha value is -1.07. The highest BCUT2D eigenvalue weighted by atomic mass is 35.5. The lowest BCUT2D eigenvalue weighted by molar-refractivity contribution is 0.0699. The summed E-state index contributed by atoms with van der Waals surface area (Å²) in [7, 11) is 0. The van der Waals surface area contributed by atoms with Gasteiger partial charge in [-0.15, -0.1) is 12.4 Å². The molecule has 2 N–H and O–H groups in total. The summed E-state index contributed by atoms with van der Waals surface area (Å²) in [5, 5.41) is 10.2. The number of rotatable bonds is 4. The Morgan fingerprint density at radius 2 is 2.11 bits per heavy atom. The summed E-state index contributed by atoms with van der Waals surface area (Å²) in [4.78, 5) is 14.0. The molecule has 106 valence electrons. The molecule has 1 saturated heterocycles. The predicted molar refractivity (Wildman–Crippen MR) is 75.5 cm³/mol. The van der Waals surface area contributed by atoms with Crippen molar-refractivity contribution in [3.05, 3.63) is 18.0 Å². The van der Waals surface area contributed by atoms with E-state index in [0.717, 1.165) is 31.8 Å². The molecule has 0 spiro atoms. The van der Waals surface area contributed by atoms with Crippen LogP contribution in [0.15, 0.2) is 12.3 Å². The SMILES string of the molecule is Cl.O=C(c1ccn[nH]1)N1CCC(NCC2CC2)CC1. The van der Waals surface area contributed by atoms with E-state index in [4.69, 9.17) is 0 Å². The second kappa shape index (κ2) is 6.39. The number of hydrogen-bond donors (Lipinski definition) is 2. The van der Waals surface area contributed by atoms with Crippen LogP contribution in [0.5, 0.6) is 0 Å². The van der Waals surface area contributed by atoms with Crippen LogP contribution in [0.25, 0.3) is 0 Å². The maximum Gasteiger partial charge on any atom is 0.271 e. The molecular weight excluding hydrogens is 264 g/mol. The first-order chi connectivity index (χ1) is 8.83. The molecule has 1 saturated carbocycles. The second-order valence-corrected chi connectivity index (χ2v) is 5.39. The Balaban J connectivity index is 0.00000133. The van der Waals surface area contributed by atoms with E-state index in [1.807, 2.05) is 4.90 Å². The van der Waals surface area contributed by atoms with Crippen molar-refractivity contribution in [3.8, 4) is 0 Å². The summed E-state index contributed by atoms with van der Waals surface area (Å²) >= 11 is 0. The van der Waals surface area contributed by atoms with Gasteiger partial charge in [-0.3, -0.25) is 9.89 Å². The molecular formula is C13H21ClN4O. The first-order valence-electron chi connectivity index (χ1n) is 6.85. The average Bonchev–Trinajstić information content (AvgIpc) is 3.08. The summed E-state index contributed by atoms with van der Waals surface area (Å²) in [5.41, 5.74) is 0.597. The van der Waals surface area contributed by atoms with Crippen LogP contribution >= 0.6 is 12.4 Å². The van der Waals surface area contributed by atoms with Gasteiger partial charge in [0, 0.05) is 25.3 Å². The molecule has 0 radical (unpaired) electrons. The molecule has 1 aliphatic heterocycles. The Kier molecular flexibility index (Phi) is 4.82. The number of carbonyl (C=O) groups excluding carboxylic acids is 1. The van der Waals surface area contributed by atoms with E-state index in [-0.39, 0.29) is 18.3 Å². The minimum absolute atomic E-state index is 0. The molecule has 0 bridgehead atoms. The van der Waals surface area contributed by atoms with E-state index in [1.165, 1.54) is 19.4 Å². The molecule has 1 aliphatic carbocycles. The fourth-order valence-corrected chi connectivity index (χ4v) is 2.49. The van der Waals surface area contributed by atoms with Crippen LogP contribution in [0.1, 0.15) is 36.2 Å². The number of hydrogen-bond acceptors (Lipinski definition) is 3. The van der Waals surface area contributed by atoms with Gasteiger partial charge in [0.15, 0.2) is 0 Å². The minimum atomic E-state index is 0. The lowest BCUT2D eigenvalue weighted by atomic mass is 10.0. The first kappa shape index (κ1) is 14.3. The smallest absolute Gasteiger partial charge is 0.271 e. The van der Waals surface area contributed by atoms with Crippen molar-refractivity contribution in [1.82, 2.24) is 20.4 Å². The number of likely N-dealkylation sites (tertiary alicyclic amines) is 1. The van der Waals surface area contributed by atoms with Crippen molar-refractivity contribution in [2.75, 3.05) is 19.6 Å². The quantitative estimate of drug-likeness (QED) is 0.879. The van der Waals surface area contributed by atoms with Crippen molar-refractivity contribution in [3.63, 3.8) is 0 Å². The lowest BCUT2D eigenvalue weighted by Gasteiger charge is -2.32. The van der Waals surface area contributed by atoms with Crippen molar-refractivity contribution < 1.29 is 4.79 Å².